The Labute approximate surface area is 247 Å². The smallest absolute Gasteiger partial charge is 0.258 e. The SMILES string of the molecule is CC[S+]([O-])NCC1CCN(C[C@@H]2CCN(c3ncncc3Oc3ccc(F)cc3C(=O)N(C(C)C)C(C)C)C2)CC1. The molecule has 2 atom stereocenters. The van der Waals surface area contributed by atoms with Crippen LogP contribution in [0.5, 0.6) is 11.5 Å². The number of aromatic nitrogens is 2. The topological polar surface area (TPSA) is 96.9 Å². The Bertz CT molecular complexity index is 1140. The number of nitrogens with zero attached hydrogens (tertiary/aromatic N) is 5. The maximum atomic E-state index is 14.3. The van der Waals surface area contributed by atoms with E-state index in [4.69, 9.17) is 4.74 Å². The van der Waals surface area contributed by atoms with E-state index < -0.39 is 17.2 Å². The predicted octanol–water partition coefficient (Wildman–Crippen LogP) is 4.48. The second kappa shape index (κ2) is 14.6. The van der Waals surface area contributed by atoms with E-state index in [0.29, 0.717) is 29.2 Å². The number of hydrogen-bond donors (Lipinski definition) is 1. The Hall–Kier alpha value is -2.47. The van der Waals surface area contributed by atoms with Crippen LogP contribution in [0.15, 0.2) is 30.7 Å². The molecule has 0 bridgehead atoms. The highest BCUT2D eigenvalue weighted by molar-refractivity contribution is 7.89. The van der Waals surface area contributed by atoms with Gasteiger partial charge < -0.3 is 24.0 Å². The number of likely N-dealkylation sites (tertiary alicyclic amines) is 1. The molecule has 1 aromatic heterocycles. The lowest BCUT2D eigenvalue weighted by atomic mass is 9.96. The Balaban J connectivity index is 1.40. The third kappa shape index (κ3) is 8.30. The molecule has 4 rings (SSSR count). The van der Waals surface area contributed by atoms with E-state index in [-0.39, 0.29) is 29.3 Å². The van der Waals surface area contributed by atoms with Crippen molar-refractivity contribution in [2.45, 2.75) is 66.0 Å². The number of benzene rings is 1. The van der Waals surface area contributed by atoms with Crippen molar-refractivity contribution in [3.05, 3.63) is 42.1 Å². The molecule has 11 heteroatoms. The van der Waals surface area contributed by atoms with Crippen molar-refractivity contribution in [2.24, 2.45) is 11.8 Å². The normalized spacial score (nSPS) is 19.2. The van der Waals surface area contributed by atoms with E-state index in [2.05, 4.69) is 24.5 Å². The lowest BCUT2D eigenvalue weighted by molar-refractivity contribution is 0.0640. The summed E-state index contributed by atoms with van der Waals surface area (Å²) in [5, 5.41) is 0. The van der Waals surface area contributed by atoms with Crippen molar-refractivity contribution in [2.75, 3.05) is 49.9 Å². The number of hydrogen-bond acceptors (Lipinski definition) is 8. The zero-order valence-electron chi connectivity index (χ0n) is 25.0. The number of piperidine rings is 1. The average molecular weight is 589 g/mol. The number of amides is 1. The highest BCUT2D eigenvalue weighted by atomic mass is 32.2. The predicted molar refractivity (Wildman–Crippen MR) is 161 cm³/mol. The van der Waals surface area contributed by atoms with Crippen LogP contribution < -0.4 is 14.4 Å². The minimum atomic E-state index is -0.915. The van der Waals surface area contributed by atoms with Gasteiger partial charge in [-0.3, -0.25) is 4.79 Å². The summed E-state index contributed by atoms with van der Waals surface area (Å²) in [6.07, 6.45) is 6.42. The Morgan fingerprint density at radius 3 is 2.54 bits per heavy atom. The van der Waals surface area contributed by atoms with Gasteiger partial charge in [-0.15, -0.1) is 4.72 Å². The van der Waals surface area contributed by atoms with Gasteiger partial charge in [-0.2, -0.15) is 0 Å². The Kier molecular flexibility index (Phi) is 11.2. The fraction of sp³-hybridized carbons (Fsp3) is 0.633. The number of halogens is 1. The van der Waals surface area contributed by atoms with E-state index in [9.17, 15) is 13.7 Å². The van der Waals surface area contributed by atoms with Crippen molar-refractivity contribution >= 4 is 23.1 Å². The standard InChI is InChI=1S/C30H45FN6O3S/c1-6-41(39)34-16-23-9-12-35(13-10-23)18-24-11-14-36(19-24)29-28(17-32-20-33-29)40-27-8-7-25(31)15-26(27)30(38)37(21(2)3)22(4)5/h7-8,15,17,20-24,34H,6,9-14,16,18-19H2,1-5H3/t24-,41?/m0/s1. The summed E-state index contributed by atoms with van der Waals surface area (Å²) in [6.45, 7) is 15.4. The molecule has 41 heavy (non-hydrogen) atoms. The van der Waals surface area contributed by atoms with Gasteiger partial charge in [-0.25, -0.2) is 14.4 Å². The number of ether oxygens (including phenoxy) is 1. The molecule has 2 aromatic rings. The fourth-order valence-electron chi connectivity index (χ4n) is 5.93. The third-order valence-electron chi connectivity index (χ3n) is 8.00. The first-order chi connectivity index (χ1) is 19.7. The lowest BCUT2D eigenvalue weighted by Crippen LogP contribution is -2.42. The van der Waals surface area contributed by atoms with Crippen LogP contribution in [0.4, 0.5) is 10.2 Å². The first-order valence-corrected chi connectivity index (χ1v) is 16.2. The summed E-state index contributed by atoms with van der Waals surface area (Å²) >= 11 is -0.915. The van der Waals surface area contributed by atoms with Gasteiger partial charge in [0.25, 0.3) is 5.91 Å². The van der Waals surface area contributed by atoms with Crippen LogP contribution in [0.1, 0.15) is 64.2 Å². The molecular formula is C30H45FN6O3S. The van der Waals surface area contributed by atoms with Crippen molar-refractivity contribution in [1.29, 1.82) is 0 Å². The molecule has 2 aliphatic heterocycles. The van der Waals surface area contributed by atoms with Crippen molar-refractivity contribution in [3.63, 3.8) is 0 Å². The highest BCUT2D eigenvalue weighted by Gasteiger charge is 2.30. The van der Waals surface area contributed by atoms with E-state index in [1.165, 1.54) is 24.5 Å². The molecule has 0 saturated carbocycles. The van der Waals surface area contributed by atoms with Crippen LogP contribution in [-0.4, -0.2) is 87.3 Å². The summed E-state index contributed by atoms with van der Waals surface area (Å²) in [4.78, 5) is 28.7. The average Bonchev–Trinajstić information content (AvgIpc) is 3.41. The molecule has 0 radical (unpaired) electrons. The van der Waals surface area contributed by atoms with Gasteiger partial charge in [-0.05, 0) is 97.0 Å². The minimum absolute atomic E-state index is 0.0511. The van der Waals surface area contributed by atoms with E-state index >= 15 is 0 Å². The molecule has 1 aromatic carbocycles. The van der Waals surface area contributed by atoms with Crippen molar-refractivity contribution in [3.8, 4) is 11.5 Å². The highest BCUT2D eigenvalue weighted by Crippen LogP contribution is 2.35. The number of carbonyl (C=O) groups is 1. The van der Waals surface area contributed by atoms with Gasteiger partial charge in [0.1, 0.15) is 23.6 Å². The van der Waals surface area contributed by atoms with Crippen LogP contribution in [-0.2, 0) is 11.4 Å². The quantitative estimate of drug-likeness (QED) is 0.363. The molecule has 3 heterocycles. The van der Waals surface area contributed by atoms with Crippen LogP contribution in [0.25, 0.3) is 0 Å². The molecule has 0 aliphatic carbocycles. The van der Waals surface area contributed by atoms with Gasteiger partial charge >= 0.3 is 0 Å². The lowest BCUT2D eigenvalue weighted by Gasteiger charge is -2.33. The summed E-state index contributed by atoms with van der Waals surface area (Å²) in [5.41, 5.74) is 0.182. The van der Waals surface area contributed by atoms with Crippen LogP contribution in [0.2, 0.25) is 0 Å². The van der Waals surface area contributed by atoms with Crippen LogP contribution >= 0.6 is 0 Å². The summed E-state index contributed by atoms with van der Waals surface area (Å²) in [5.74, 6) is 2.39. The van der Waals surface area contributed by atoms with Gasteiger partial charge in [0.2, 0.25) is 0 Å². The summed E-state index contributed by atoms with van der Waals surface area (Å²) in [7, 11) is 0. The van der Waals surface area contributed by atoms with Crippen molar-refractivity contribution < 1.29 is 18.5 Å². The summed E-state index contributed by atoms with van der Waals surface area (Å²) < 4.78 is 35.4. The molecular weight excluding hydrogens is 543 g/mol. The van der Waals surface area contributed by atoms with Crippen LogP contribution in [0, 0.1) is 17.7 Å². The molecule has 0 spiro atoms. The summed E-state index contributed by atoms with van der Waals surface area (Å²) in [6, 6.07) is 3.95. The second-order valence-corrected chi connectivity index (χ2v) is 13.2. The Morgan fingerprint density at radius 2 is 1.85 bits per heavy atom. The zero-order valence-corrected chi connectivity index (χ0v) is 25.8. The molecule has 2 saturated heterocycles. The molecule has 1 unspecified atom stereocenters. The number of anilines is 1. The van der Waals surface area contributed by atoms with E-state index in [1.807, 2.05) is 34.6 Å². The Morgan fingerprint density at radius 1 is 1.15 bits per heavy atom. The van der Waals surface area contributed by atoms with Crippen LogP contribution in [0.3, 0.4) is 0 Å². The van der Waals surface area contributed by atoms with Crippen molar-refractivity contribution in [1.82, 2.24) is 24.5 Å². The fourth-order valence-corrected chi connectivity index (χ4v) is 6.55. The molecule has 1 N–H and O–H groups in total. The number of carbonyl (C=O) groups excluding carboxylic acids is 1. The molecule has 226 valence electrons. The van der Waals surface area contributed by atoms with Gasteiger partial charge in [0.15, 0.2) is 11.6 Å². The maximum absolute atomic E-state index is 14.3. The largest absolute Gasteiger partial charge is 0.598 e. The number of rotatable bonds is 12. The van der Waals surface area contributed by atoms with Gasteiger partial charge in [0, 0.05) is 49.6 Å². The van der Waals surface area contributed by atoms with Gasteiger partial charge in [0.05, 0.1) is 11.8 Å². The molecule has 2 aliphatic rings. The number of nitrogens with one attached hydrogen (secondary N) is 1. The maximum Gasteiger partial charge on any atom is 0.258 e. The molecule has 9 nitrogen and oxygen atoms in total. The third-order valence-corrected chi connectivity index (χ3v) is 9.02. The first kappa shape index (κ1) is 31.5. The molecule has 1 amide bonds. The zero-order chi connectivity index (χ0) is 29.5. The minimum Gasteiger partial charge on any atom is -0.598 e. The monoisotopic (exact) mass is 588 g/mol. The molecule has 2 fully saturated rings. The first-order valence-electron chi connectivity index (χ1n) is 14.9. The van der Waals surface area contributed by atoms with E-state index in [0.717, 1.165) is 58.5 Å². The second-order valence-electron chi connectivity index (χ2n) is 11.7. The van der Waals surface area contributed by atoms with E-state index in [1.54, 1.807) is 11.1 Å². The van der Waals surface area contributed by atoms with Gasteiger partial charge in [-0.1, -0.05) is 0 Å².